The molecule has 4 aliphatic carbocycles. The van der Waals surface area contributed by atoms with Crippen molar-refractivity contribution in [3.63, 3.8) is 0 Å². The van der Waals surface area contributed by atoms with Crippen molar-refractivity contribution in [1.82, 2.24) is 10.6 Å². The smallest absolute Gasteiger partial charge is 0.338 e. The molecule has 6 aliphatic rings. The molecule has 0 aromatic heterocycles. The summed E-state index contributed by atoms with van der Waals surface area (Å²) in [6.45, 7) is 5.04. The summed E-state index contributed by atoms with van der Waals surface area (Å²) in [5.74, 6) is -1.27. The van der Waals surface area contributed by atoms with Gasteiger partial charge in [0.05, 0.1) is 30.4 Å². The molecule has 12 heteroatoms. The molecule has 2 amide bonds. The van der Waals surface area contributed by atoms with Crippen LogP contribution in [0, 0.1) is 17.8 Å². The summed E-state index contributed by atoms with van der Waals surface area (Å²) in [4.78, 5) is 51.7. The van der Waals surface area contributed by atoms with Gasteiger partial charge in [0.15, 0.2) is 5.79 Å². The number of carbonyl (C=O) groups is 4. The molecule has 5 fully saturated rings. The highest BCUT2D eigenvalue weighted by Gasteiger charge is 2.64. The Morgan fingerprint density at radius 3 is 2.38 bits per heavy atom. The molecule has 2 saturated heterocycles. The Morgan fingerprint density at radius 2 is 1.72 bits per heavy atom. The van der Waals surface area contributed by atoms with Crippen molar-refractivity contribution in [3.05, 3.63) is 53.1 Å². The number of amides is 2. The molecule has 53 heavy (non-hydrogen) atoms. The van der Waals surface area contributed by atoms with Crippen LogP contribution in [0.3, 0.4) is 0 Å². The summed E-state index contributed by atoms with van der Waals surface area (Å²) in [6, 6.07) is 6.74. The van der Waals surface area contributed by atoms with Crippen LogP contribution in [0.4, 0.5) is 0 Å². The van der Waals surface area contributed by atoms with Crippen molar-refractivity contribution >= 4 is 29.8 Å². The van der Waals surface area contributed by atoms with Gasteiger partial charge in [-0.1, -0.05) is 24.3 Å². The number of esters is 2. The zero-order chi connectivity index (χ0) is 37.3. The molecular formula is C41H54N2O10. The number of rotatable bonds is 15. The molecule has 7 rings (SSSR count). The normalized spacial score (nSPS) is 29.3. The Kier molecular flexibility index (Phi) is 11.1. The number of fused-ring (bicyclic) bond motifs is 2. The first-order valence-corrected chi connectivity index (χ1v) is 19.5. The minimum absolute atomic E-state index is 0.0280. The fraction of sp³-hybridized carbons (Fsp3) is 0.659. The van der Waals surface area contributed by atoms with Crippen molar-refractivity contribution < 1.29 is 48.0 Å². The van der Waals surface area contributed by atoms with Gasteiger partial charge in [-0.3, -0.25) is 14.4 Å². The summed E-state index contributed by atoms with van der Waals surface area (Å²) in [7, 11) is 0. The average Bonchev–Trinajstić information content (AvgIpc) is 3.98. The van der Waals surface area contributed by atoms with Gasteiger partial charge < -0.3 is 39.4 Å². The maximum Gasteiger partial charge on any atom is 0.338 e. The number of allylic oxidation sites excluding steroid dienone is 1. The number of aliphatic hydroxyl groups excluding tert-OH is 1. The van der Waals surface area contributed by atoms with E-state index in [1.807, 2.05) is 12.1 Å². The summed E-state index contributed by atoms with van der Waals surface area (Å²) in [5, 5.41) is 15.3. The van der Waals surface area contributed by atoms with Crippen LogP contribution in [-0.2, 0) is 38.1 Å². The number of aliphatic hydroxyl groups is 1. The second-order valence-electron chi connectivity index (χ2n) is 16.6. The molecule has 1 aromatic rings. The summed E-state index contributed by atoms with van der Waals surface area (Å²) in [5.41, 5.74) is 1.21. The minimum Gasteiger partial charge on any atom is -0.460 e. The molecule has 0 radical (unpaired) electrons. The number of hydrogen-bond donors (Lipinski definition) is 3. The molecule has 2 aliphatic heterocycles. The highest BCUT2D eigenvalue weighted by Crippen LogP contribution is 2.59. The third kappa shape index (κ3) is 9.57. The lowest BCUT2D eigenvalue weighted by Crippen LogP contribution is -2.44. The molecule has 12 nitrogen and oxygen atoms in total. The minimum atomic E-state index is -0.740. The van der Waals surface area contributed by atoms with Crippen molar-refractivity contribution in [2.75, 3.05) is 13.2 Å². The highest BCUT2D eigenvalue weighted by molar-refractivity contribution is 5.94. The molecule has 0 spiro atoms. The lowest BCUT2D eigenvalue weighted by molar-refractivity contribution is -0.209. The highest BCUT2D eigenvalue weighted by atomic mass is 16.8. The average molecular weight is 735 g/mol. The van der Waals surface area contributed by atoms with E-state index in [9.17, 15) is 24.3 Å². The van der Waals surface area contributed by atoms with E-state index in [0.29, 0.717) is 41.1 Å². The monoisotopic (exact) mass is 734 g/mol. The topological polar surface area (TPSA) is 162 Å². The van der Waals surface area contributed by atoms with Gasteiger partial charge in [-0.2, -0.15) is 0 Å². The Labute approximate surface area is 311 Å². The zero-order valence-electron chi connectivity index (χ0n) is 31.1. The lowest BCUT2D eigenvalue weighted by atomic mass is 9.89. The Hall–Kier alpha value is -3.58. The second kappa shape index (κ2) is 15.6. The van der Waals surface area contributed by atoms with Gasteiger partial charge in [0, 0.05) is 43.2 Å². The largest absolute Gasteiger partial charge is 0.460 e. The van der Waals surface area contributed by atoms with E-state index in [0.717, 1.165) is 50.5 Å². The van der Waals surface area contributed by atoms with E-state index in [-0.39, 0.29) is 50.6 Å². The predicted octanol–water partition coefficient (Wildman–Crippen LogP) is 4.53. The number of epoxide rings is 1. The first-order chi connectivity index (χ1) is 25.4. The number of nitrogens with one attached hydrogen (secondary N) is 2. The van der Waals surface area contributed by atoms with E-state index in [1.54, 1.807) is 39.0 Å². The van der Waals surface area contributed by atoms with Crippen molar-refractivity contribution in [2.24, 2.45) is 17.8 Å². The molecule has 0 bridgehead atoms. The van der Waals surface area contributed by atoms with Gasteiger partial charge in [-0.05, 0) is 102 Å². The van der Waals surface area contributed by atoms with Gasteiger partial charge in [0.2, 0.25) is 11.8 Å². The Morgan fingerprint density at radius 1 is 0.981 bits per heavy atom. The van der Waals surface area contributed by atoms with Crippen LogP contribution in [0.5, 0.6) is 0 Å². The van der Waals surface area contributed by atoms with Crippen molar-refractivity contribution in [2.45, 2.75) is 139 Å². The second-order valence-corrected chi connectivity index (χ2v) is 16.6. The Bertz CT molecular complexity index is 1580. The van der Waals surface area contributed by atoms with Crippen LogP contribution in [0.15, 0.2) is 42.0 Å². The van der Waals surface area contributed by atoms with Gasteiger partial charge in [0.25, 0.3) is 0 Å². The predicted molar refractivity (Wildman–Crippen MR) is 193 cm³/mol. The fourth-order valence-electron chi connectivity index (χ4n) is 7.96. The first-order valence-electron chi connectivity index (χ1n) is 19.5. The molecule has 2 heterocycles. The summed E-state index contributed by atoms with van der Waals surface area (Å²) in [6.07, 6.45) is 13.0. The number of hydrogen-bond acceptors (Lipinski definition) is 10. The molecular weight excluding hydrogens is 680 g/mol. The molecule has 3 unspecified atom stereocenters. The maximum atomic E-state index is 13.5. The summed E-state index contributed by atoms with van der Waals surface area (Å²) >= 11 is 0. The standard InChI is InChI=1S/C41H54N2O10/c1-40(2,3)52-36(46)17-15-30(23-44)43-35(45)18-19-42-38(47)27-21-33(37-34(22-27)51-41(53-37,28-11-12-28)29-13-14-29)50-39(48)26-9-6-24(7-10-26)4-5-25-8-16-31-32(20-25)49-31/h4-7,9-10,22,25,28-34,37,44H,8,11-21,23H2,1-3H3,(H,42,47)(H,43,45)/t25?,30-,31?,32?,33+,34+,37-/m0/s1. The van der Waals surface area contributed by atoms with Crippen LogP contribution >= 0.6 is 0 Å². The zero-order valence-corrected chi connectivity index (χ0v) is 31.1. The lowest BCUT2D eigenvalue weighted by Gasteiger charge is -2.31. The van der Waals surface area contributed by atoms with Crippen LogP contribution in [0.1, 0.15) is 107 Å². The van der Waals surface area contributed by atoms with E-state index >= 15 is 0 Å². The van der Waals surface area contributed by atoms with Crippen LogP contribution in [0.25, 0.3) is 6.08 Å². The quantitative estimate of drug-likeness (QED) is 0.173. The number of benzene rings is 1. The van der Waals surface area contributed by atoms with E-state index in [4.69, 9.17) is 23.7 Å². The third-order valence-corrected chi connectivity index (χ3v) is 11.1. The molecule has 3 N–H and O–H groups in total. The van der Waals surface area contributed by atoms with E-state index < -0.39 is 47.7 Å². The summed E-state index contributed by atoms with van der Waals surface area (Å²) < 4.78 is 30.5. The molecule has 288 valence electrons. The Balaban J connectivity index is 0.944. The maximum absolute atomic E-state index is 13.5. The van der Waals surface area contributed by atoms with Gasteiger partial charge in [-0.15, -0.1) is 0 Å². The fourth-order valence-corrected chi connectivity index (χ4v) is 7.96. The van der Waals surface area contributed by atoms with Crippen LogP contribution in [-0.4, -0.2) is 90.0 Å². The number of ether oxygens (including phenoxy) is 5. The van der Waals surface area contributed by atoms with Crippen LogP contribution in [0.2, 0.25) is 0 Å². The van der Waals surface area contributed by atoms with Crippen molar-refractivity contribution in [3.8, 4) is 0 Å². The van der Waals surface area contributed by atoms with E-state index in [1.165, 1.54) is 0 Å². The SMILES string of the molecule is CC(C)(C)OC(=O)CC[C@@H](CO)NC(=O)CCNC(=O)C1=C[C@H]2OC(C3CC3)(C3CC3)O[C@H]2[C@H](OC(=O)c2ccc(C=CC3CCC4OC4C3)cc2)C1. The van der Waals surface area contributed by atoms with Crippen LogP contribution < -0.4 is 10.6 Å². The molecule has 1 aromatic carbocycles. The van der Waals surface area contributed by atoms with Crippen molar-refractivity contribution in [1.29, 1.82) is 0 Å². The molecule has 7 atom stereocenters. The van der Waals surface area contributed by atoms with Gasteiger partial charge in [-0.25, -0.2) is 4.79 Å². The molecule has 3 saturated carbocycles. The number of carbonyl (C=O) groups excluding carboxylic acids is 4. The third-order valence-electron chi connectivity index (χ3n) is 11.1. The van der Waals surface area contributed by atoms with Gasteiger partial charge >= 0.3 is 11.9 Å². The first kappa shape index (κ1) is 37.7. The van der Waals surface area contributed by atoms with Gasteiger partial charge in [0.1, 0.15) is 23.9 Å². The van der Waals surface area contributed by atoms with E-state index in [2.05, 4.69) is 22.8 Å².